The minimum atomic E-state index is -0.251. The van der Waals surface area contributed by atoms with Crippen LogP contribution in [0, 0.1) is 0 Å². The third kappa shape index (κ3) is 8.34. The van der Waals surface area contributed by atoms with Crippen LogP contribution in [0.3, 0.4) is 0 Å². The fourth-order valence-corrected chi connectivity index (χ4v) is 13.1. The van der Waals surface area contributed by atoms with E-state index in [1.165, 1.54) is 27.2 Å². The average Bonchev–Trinajstić information content (AvgIpc) is 4.03. The quantitative estimate of drug-likeness (QED) is 0.0736. The number of aromatic nitrogens is 2. The summed E-state index contributed by atoms with van der Waals surface area (Å²) in [4.78, 5) is 14.9. The van der Waals surface area contributed by atoms with Crippen molar-refractivity contribution in [1.82, 2.24) is 9.55 Å². The minimum Gasteiger partial charge on any atom is -0.310 e. The Morgan fingerprint density at radius 2 is 0.880 bits per heavy atom. The summed E-state index contributed by atoms with van der Waals surface area (Å²) >= 11 is 0. The number of anilines is 5. The van der Waals surface area contributed by atoms with Gasteiger partial charge in [0.05, 0.1) is 28.1 Å². The summed E-state index contributed by atoms with van der Waals surface area (Å²) in [6.07, 6.45) is 6.07. The first-order chi connectivity index (χ1) is 41.1. The van der Waals surface area contributed by atoms with E-state index < -0.39 is 0 Å². The van der Waals surface area contributed by atoms with Gasteiger partial charge in [-0.05, 0) is 117 Å². The van der Waals surface area contributed by atoms with Gasteiger partial charge < -0.3 is 14.4 Å². The maximum atomic E-state index is 5.10. The number of para-hydroxylation sites is 2. The zero-order valence-electron chi connectivity index (χ0n) is 45.8. The van der Waals surface area contributed by atoms with E-state index in [1.54, 1.807) is 0 Å². The van der Waals surface area contributed by atoms with Crippen LogP contribution in [-0.2, 0) is 0 Å². The third-order valence-electron chi connectivity index (χ3n) is 16.8. The summed E-state index contributed by atoms with van der Waals surface area (Å²) in [6, 6.07) is 102. The van der Waals surface area contributed by atoms with E-state index in [0.717, 1.165) is 118 Å². The Bertz CT molecular complexity index is 4580. The Hall–Kier alpha value is -10.8. The van der Waals surface area contributed by atoms with Crippen LogP contribution in [0.2, 0.25) is 0 Å². The van der Waals surface area contributed by atoms with Gasteiger partial charge >= 0.3 is 0 Å². The monoisotopic (exact) mass is 1060 g/mol. The first kappa shape index (κ1) is 49.2. The van der Waals surface area contributed by atoms with E-state index in [4.69, 9.17) is 4.98 Å². The zero-order chi connectivity index (χ0) is 55.4. The maximum absolute atomic E-state index is 5.10. The molecule has 4 heterocycles. The Labute approximate surface area is 484 Å². The number of fused-ring (bicyclic) bond motifs is 7. The molecule has 0 saturated carbocycles. The smallest absolute Gasteiger partial charge is 0.252 e. The van der Waals surface area contributed by atoms with Crippen LogP contribution >= 0.6 is 0 Å². The first-order valence-electron chi connectivity index (χ1n) is 28.3. The molecule has 0 saturated heterocycles. The molecule has 0 amide bonds. The van der Waals surface area contributed by atoms with Crippen molar-refractivity contribution in [3.05, 3.63) is 314 Å². The molecule has 0 unspecified atom stereocenters. The van der Waals surface area contributed by atoms with Gasteiger partial charge in [0.1, 0.15) is 0 Å². The van der Waals surface area contributed by atoms with Gasteiger partial charge in [-0.25, -0.2) is 0 Å². The lowest BCUT2D eigenvalue weighted by Crippen LogP contribution is -2.62. The Kier molecular flexibility index (Phi) is 12.3. The predicted octanol–water partition coefficient (Wildman–Crippen LogP) is 17.8. The molecule has 0 N–H and O–H groups in total. The van der Waals surface area contributed by atoms with Crippen molar-refractivity contribution < 1.29 is 0 Å². The molecule has 83 heavy (non-hydrogen) atoms. The molecular formula is C77H54BN5. The van der Waals surface area contributed by atoms with E-state index >= 15 is 0 Å². The van der Waals surface area contributed by atoms with Crippen molar-refractivity contribution >= 4 is 91.2 Å². The number of pyridine rings is 1. The van der Waals surface area contributed by atoms with Gasteiger partial charge in [-0.3, -0.25) is 9.98 Å². The van der Waals surface area contributed by atoms with Gasteiger partial charge in [-0.2, -0.15) is 0 Å². The fourth-order valence-electron chi connectivity index (χ4n) is 13.1. The lowest BCUT2D eigenvalue weighted by Gasteiger charge is -2.46. The van der Waals surface area contributed by atoms with E-state index in [1.807, 2.05) is 6.20 Å². The molecule has 0 fully saturated rings. The summed E-state index contributed by atoms with van der Waals surface area (Å²) in [7, 11) is 0. The number of hydrogen-bond donors (Lipinski definition) is 0. The number of rotatable bonds is 11. The molecule has 0 aliphatic carbocycles. The second kappa shape index (κ2) is 20.7. The van der Waals surface area contributed by atoms with Crippen molar-refractivity contribution in [2.24, 2.45) is 4.99 Å². The number of hydrogen-bond acceptors (Lipinski definition) is 4. The first-order valence-corrected chi connectivity index (χ1v) is 28.3. The highest BCUT2D eigenvalue weighted by molar-refractivity contribution is 7.00. The second-order valence-corrected chi connectivity index (χ2v) is 21.4. The summed E-state index contributed by atoms with van der Waals surface area (Å²) in [5.41, 5.74) is 26.1. The molecule has 2 aliphatic heterocycles. The molecule has 15 rings (SSSR count). The van der Waals surface area contributed by atoms with Crippen LogP contribution < -0.4 is 26.2 Å². The maximum Gasteiger partial charge on any atom is 0.252 e. The van der Waals surface area contributed by atoms with E-state index in [0.29, 0.717) is 0 Å². The standard InChI is InChI=1S/C77H54BN5/c1-52(53-25-9-3-10-26-53)76(64(49-79-2)56-31-15-6-16-32-56)82-71-43-41-59(54-27-11-4-12-28-54)45-67(71)78-68-46-60(55-29-13-5-14-30-55)42-44-72(68)83(77-65(57-33-17-7-18-34-57)50-80-51-66(77)58-35-19-8-20-36-58)74-48-61(47-73(82)75(74)78)81-69-39-23-21-37-62(69)63-38-22-24-40-70(63)81/h3-51H,2H2,1H3/b64-49-,76-52-. The Morgan fingerprint density at radius 1 is 0.434 bits per heavy atom. The SMILES string of the molecule is C=N/C=C(\C(=C(/C)c1ccccc1)N1c2ccc(-c3ccccc3)cc2B2c3cc(-c4ccccc4)ccc3N(c3c(-c4ccccc4)cncc3-c3ccccc3)c3cc(-n4c5ccccc5c5ccccc54)cc1c32)c1ccccc1. The van der Waals surface area contributed by atoms with Gasteiger partial charge in [0.15, 0.2) is 0 Å². The van der Waals surface area contributed by atoms with Crippen LogP contribution in [0.15, 0.2) is 308 Å². The number of aliphatic imine (C=N–C) groups is 1. The Morgan fingerprint density at radius 3 is 1.41 bits per heavy atom. The molecule has 11 aromatic carbocycles. The van der Waals surface area contributed by atoms with E-state index in [2.05, 4.69) is 324 Å². The molecule has 13 aromatic rings. The molecule has 0 bridgehead atoms. The van der Waals surface area contributed by atoms with E-state index in [-0.39, 0.29) is 6.71 Å². The summed E-state index contributed by atoms with van der Waals surface area (Å²) in [5, 5.41) is 2.38. The second-order valence-electron chi connectivity index (χ2n) is 21.4. The summed E-state index contributed by atoms with van der Waals surface area (Å²) < 4.78 is 2.48. The van der Waals surface area contributed by atoms with Crippen LogP contribution in [-0.4, -0.2) is 23.0 Å². The highest BCUT2D eigenvalue weighted by Crippen LogP contribution is 2.52. The molecule has 2 aliphatic rings. The number of benzene rings is 11. The summed E-state index contributed by atoms with van der Waals surface area (Å²) in [6.45, 7) is 6.17. The van der Waals surface area contributed by atoms with Gasteiger partial charge in [0, 0.05) is 68.8 Å². The third-order valence-corrected chi connectivity index (χ3v) is 16.8. The lowest BCUT2D eigenvalue weighted by molar-refractivity contribution is 1.15. The van der Waals surface area contributed by atoms with Gasteiger partial charge in [-0.1, -0.05) is 243 Å². The van der Waals surface area contributed by atoms with Gasteiger partial charge in [-0.15, -0.1) is 0 Å². The van der Waals surface area contributed by atoms with Gasteiger partial charge in [0.25, 0.3) is 6.71 Å². The van der Waals surface area contributed by atoms with Crippen molar-refractivity contribution in [3.63, 3.8) is 0 Å². The largest absolute Gasteiger partial charge is 0.310 e. The zero-order valence-corrected chi connectivity index (χ0v) is 45.8. The van der Waals surface area contributed by atoms with Crippen molar-refractivity contribution in [2.75, 3.05) is 9.80 Å². The van der Waals surface area contributed by atoms with Crippen LogP contribution in [0.4, 0.5) is 28.4 Å². The molecule has 0 spiro atoms. The highest BCUT2D eigenvalue weighted by atomic mass is 15.2. The number of allylic oxidation sites excluding steroid dienone is 2. The predicted molar refractivity (Wildman–Crippen MR) is 351 cm³/mol. The van der Waals surface area contributed by atoms with Crippen LogP contribution in [0.25, 0.3) is 83.1 Å². The lowest BCUT2D eigenvalue weighted by atomic mass is 9.33. The molecular weight excluding hydrogens is 1010 g/mol. The van der Waals surface area contributed by atoms with Crippen molar-refractivity contribution in [3.8, 4) is 50.2 Å². The van der Waals surface area contributed by atoms with E-state index in [9.17, 15) is 0 Å². The van der Waals surface area contributed by atoms with Gasteiger partial charge in [0.2, 0.25) is 0 Å². The fraction of sp³-hybridized carbons (Fsp3) is 0.0130. The van der Waals surface area contributed by atoms with Crippen LogP contribution in [0.1, 0.15) is 18.1 Å². The Balaban J connectivity index is 1.16. The topological polar surface area (TPSA) is 36.7 Å². The molecule has 390 valence electrons. The molecule has 5 nitrogen and oxygen atoms in total. The van der Waals surface area contributed by atoms with Crippen molar-refractivity contribution in [2.45, 2.75) is 6.92 Å². The highest BCUT2D eigenvalue weighted by Gasteiger charge is 2.46. The molecule has 6 heteroatoms. The van der Waals surface area contributed by atoms with Crippen molar-refractivity contribution in [1.29, 1.82) is 0 Å². The minimum absolute atomic E-state index is 0.251. The number of nitrogens with zero attached hydrogens (tertiary/aromatic N) is 5. The van der Waals surface area contributed by atoms with Crippen LogP contribution in [0.5, 0.6) is 0 Å². The average molecular weight is 1060 g/mol. The summed E-state index contributed by atoms with van der Waals surface area (Å²) in [5.74, 6) is 0. The molecule has 0 radical (unpaired) electrons. The normalized spacial score (nSPS) is 12.9. The molecule has 2 aromatic heterocycles. The molecule has 0 atom stereocenters.